The molecule has 0 atom stereocenters. The molecule has 0 saturated carbocycles. The molecule has 0 spiro atoms. The molecule has 0 saturated heterocycles. The zero-order valence-corrected chi connectivity index (χ0v) is 11.1. The van der Waals surface area contributed by atoms with Crippen LogP contribution < -0.4 is 5.32 Å². The van der Waals surface area contributed by atoms with Crippen LogP contribution in [0.25, 0.3) is 0 Å². The second kappa shape index (κ2) is 6.63. The number of amides is 1. The summed E-state index contributed by atoms with van der Waals surface area (Å²) in [5.41, 5.74) is 1.03. The molecule has 0 unspecified atom stereocenters. The number of nitrogens with one attached hydrogen (secondary N) is 1. The van der Waals surface area contributed by atoms with E-state index >= 15 is 0 Å². The largest absolute Gasteiger partial charge is 0.356 e. The third kappa shape index (κ3) is 5.26. The van der Waals surface area contributed by atoms with Gasteiger partial charge in [-0.3, -0.25) is 4.79 Å². The first-order chi connectivity index (χ1) is 7.58. The first-order valence-electron chi connectivity index (χ1n) is 5.75. The van der Waals surface area contributed by atoms with Gasteiger partial charge in [0, 0.05) is 18.3 Å². The van der Waals surface area contributed by atoms with Crippen LogP contribution in [-0.4, -0.2) is 17.4 Å². The van der Waals surface area contributed by atoms with E-state index in [9.17, 15) is 4.79 Å². The normalized spacial score (nSPS) is 10.8. The molecule has 90 valence electrons. The number of carbonyl (C=O) groups is 1. The maximum Gasteiger partial charge on any atom is 0.220 e. The van der Waals surface area contributed by atoms with Gasteiger partial charge in [0.25, 0.3) is 0 Å². The molecule has 16 heavy (non-hydrogen) atoms. The van der Waals surface area contributed by atoms with Crippen molar-refractivity contribution in [1.29, 1.82) is 0 Å². The van der Waals surface area contributed by atoms with Gasteiger partial charge in [0.1, 0.15) is 0 Å². The first kappa shape index (κ1) is 13.2. The molecule has 1 aromatic rings. The van der Waals surface area contributed by atoms with Gasteiger partial charge in [-0.25, -0.2) is 4.98 Å². The van der Waals surface area contributed by atoms with Gasteiger partial charge in [0.15, 0.2) is 0 Å². The van der Waals surface area contributed by atoms with E-state index in [1.807, 2.05) is 12.3 Å². The van der Waals surface area contributed by atoms with E-state index in [1.165, 1.54) is 0 Å². The number of carbonyl (C=O) groups excluding carboxylic acids is 1. The minimum absolute atomic E-state index is 0.131. The number of hydrogen-bond donors (Lipinski definition) is 1. The zero-order valence-electron chi connectivity index (χ0n) is 10.2. The molecule has 0 aliphatic heterocycles. The monoisotopic (exact) mass is 240 g/mol. The van der Waals surface area contributed by atoms with E-state index in [0.29, 0.717) is 12.3 Å². The molecule has 1 amide bonds. The van der Waals surface area contributed by atoms with Crippen molar-refractivity contribution in [1.82, 2.24) is 10.3 Å². The topological polar surface area (TPSA) is 42.0 Å². The molecule has 0 radical (unpaired) electrons. The van der Waals surface area contributed by atoms with Crippen molar-refractivity contribution < 1.29 is 4.79 Å². The number of nitrogens with zero attached hydrogens (tertiary/aromatic N) is 1. The lowest BCUT2D eigenvalue weighted by Gasteiger charge is -2.06. The van der Waals surface area contributed by atoms with Gasteiger partial charge in [-0.1, -0.05) is 13.8 Å². The highest BCUT2D eigenvalue weighted by Gasteiger charge is 2.04. The number of aryl methyl sites for hydroxylation is 2. The van der Waals surface area contributed by atoms with Gasteiger partial charge in [0.05, 0.1) is 10.7 Å². The molecule has 3 nitrogen and oxygen atoms in total. The van der Waals surface area contributed by atoms with Crippen molar-refractivity contribution in [2.24, 2.45) is 5.92 Å². The molecule has 0 fully saturated rings. The summed E-state index contributed by atoms with van der Waals surface area (Å²) in [6.45, 7) is 7.08. The van der Waals surface area contributed by atoms with Crippen molar-refractivity contribution in [3.8, 4) is 0 Å². The quantitative estimate of drug-likeness (QED) is 0.830. The molecule has 1 aromatic heterocycles. The van der Waals surface area contributed by atoms with Crippen molar-refractivity contribution in [2.45, 2.75) is 40.0 Å². The lowest BCUT2D eigenvalue weighted by atomic mass is 10.1. The summed E-state index contributed by atoms with van der Waals surface area (Å²) in [5, 5.41) is 6.02. The Bertz CT molecular complexity index is 334. The number of rotatable bonds is 6. The van der Waals surface area contributed by atoms with Crippen LogP contribution in [0, 0.1) is 12.8 Å². The van der Waals surface area contributed by atoms with Crippen LogP contribution in [0.3, 0.4) is 0 Å². The Morgan fingerprint density at radius 3 is 2.88 bits per heavy atom. The molecule has 4 heteroatoms. The average Bonchev–Trinajstić information content (AvgIpc) is 2.61. The molecule has 1 N–H and O–H groups in total. The van der Waals surface area contributed by atoms with Crippen LogP contribution in [0.15, 0.2) is 5.38 Å². The third-order valence-corrected chi connectivity index (χ3v) is 3.14. The second-order valence-corrected chi connectivity index (χ2v) is 5.45. The summed E-state index contributed by atoms with van der Waals surface area (Å²) in [4.78, 5) is 15.8. The van der Waals surface area contributed by atoms with Crippen LogP contribution in [-0.2, 0) is 11.2 Å². The summed E-state index contributed by atoms with van der Waals surface area (Å²) >= 11 is 1.64. The Morgan fingerprint density at radius 2 is 2.31 bits per heavy atom. The maximum atomic E-state index is 11.5. The molecule has 0 aliphatic rings. The lowest BCUT2D eigenvalue weighted by molar-refractivity contribution is -0.121. The van der Waals surface area contributed by atoms with Crippen molar-refractivity contribution in [2.75, 3.05) is 6.54 Å². The average molecular weight is 240 g/mol. The minimum atomic E-state index is 0.131. The number of thiazole rings is 1. The van der Waals surface area contributed by atoms with Gasteiger partial charge < -0.3 is 5.32 Å². The molecule has 1 rings (SSSR count). The number of aromatic nitrogens is 1. The zero-order chi connectivity index (χ0) is 12.0. The van der Waals surface area contributed by atoms with Gasteiger partial charge in [-0.2, -0.15) is 0 Å². The Balaban J connectivity index is 2.15. The summed E-state index contributed by atoms with van der Waals surface area (Å²) in [6, 6.07) is 0. The first-order valence-corrected chi connectivity index (χ1v) is 6.63. The molecular formula is C12H20N2OS. The maximum absolute atomic E-state index is 11.5. The Morgan fingerprint density at radius 1 is 1.56 bits per heavy atom. The van der Waals surface area contributed by atoms with Gasteiger partial charge >= 0.3 is 0 Å². The van der Waals surface area contributed by atoms with E-state index in [4.69, 9.17) is 0 Å². The highest BCUT2D eigenvalue weighted by atomic mass is 32.1. The van der Waals surface area contributed by atoms with E-state index < -0.39 is 0 Å². The smallest absolute Gasteiger partial charge is 0.220 e. The fraction of sp³-hybridized carbons (Fsp3) is 0.667. The van der Waals surface area contributed by atoms with Gasteiger partial charge in [0.2, 0.25) is 5.91 Å². The van der Waals surface area contributed by atoms with Crippen LogP contribution in [0.5, 0.6) is 0 Å². The summed E-state index contributed by atoms with van der Waals surface area (Å²) in [5.74, 6) is 0.771. The minimum Gasteiger partial charge on any atom is -0.356 e. The Hall–Kier alpha value is -0.900. The van der Waals surface area contributed by atoms with Crippen LogP contribution in [0.4, 0.5) is 0 Å². The highest BCUT2D eigenvalue weighted by Crippen LogP contribution is 2.09. The molecule has 0 bridgehead atoms. The van der Waals surface area contributed by atoms with E-state index in [0.717, 1.165) is 30.1 Å². The Labute approximate surface area is 101 Å². The summed E-state index contributed by atoms with van der Waals surface area (Å²) < 4.78 is 0. The molecular weight excluding hydrogens is 220 g/mol. The predicted octanol–water partition coefficient (Wildman–Crippen LogP) is 2.55. The summed E-state index contributed by atoms with van der Waals surface area (Å²) in [6.07, 6.45) is 2.33. The van der Waals surface area contributed by atoms with Gasteiger partial charge in [-0.05, 0) is 25.7 Å². The SMILES string of the molecule is Cc1nc(CCC(=O)NCCC(C)C)cs1. The number of hydrogen-bond acceptors (Lipinski definition) is 3. The third-order valence-electron chi connectivity index (χ3n) is 2.32. The lowest BCUT2D eigenvalue weighted by Crippen LogP contribution is -2.25. The fourth-order valence-electron chi connectivity index (χ4n) is 1.35. The van der Waals surface area contributed by atoms with E-state index in [2.05, 4.69) is 24.1 Å². The van der Waals surface area contributed by atoms with Crippen molar-refractivity contribution in [3.63, 3.8) is 0 Å². The molecule has 0 aliphatic carbocycles. The van der Waals surface area contributed by atoms with Gasteiger partial charge in [-0.15, -0.1) is 11.3 Å². The molecule has 0 aromatic carbocycles. The van der Waals surface area contributed by atoms with Crippen LogP contribution in [0.1, 0.15) is 37.4 Å². The highest BCUT2D eigenvalue weighted by molar-refractivity contribution is 7.09. The van der Waals surface area contributed by atoms with E-state index in [-0.39, 0.29) is 5.91 Å². The predicted molar refractivity (Wildman–Crippen MR) is 67.6 cm³/mol. The second-order valence-electron chi connectivity index (χ2n) is 4.39. The fourth-order valence-corrected chi connectivity index (χ4v) is 2.00. The standard InChI is InChI=1S/C12H20N2OS/c1-9(2)6-7-13-12(15)5-4-11-8-16-10(3)14-11/h8-9H,4-7H2,1-3H3,(H,13,15). The van der Waals surface area contributed by atoms with Crippen molar-refractivity contribution >= 4 is 17.2 Å². The van der Waals surface area contributed by atoms with Crippen LogP contribution >= 0.6 is 11.3 Å². The summed E-state index contributed by atoms with van der Waals surface area (Å²) in [7, 11) is 0. The molecule has 1 heterocycles. The van der Waals surface area contributed by atoms with Crippen molar-refractivity contribution in [3.05, 3.63) is 16.1 Å². The van der Waals surface area contributed by atoms with Crippen LogP contribution in [0.2, 0.25) is 0 Å². The van der Waals surface area contributed by atoms with E-state index in [1.54, 1.807) is 11.3 Å². The Kier molecular flexibility index (Phi) is 5.46.